The topological polar surface area (TPSA) is 72.9 Å². The van der Waals surface area contributed by atoms with Gasteiger partial charge in [-0.15, -0.1) is 0 Å². The molecule has 0 spiro atoms. The summed E-state index contributed by atoms with van der Waals surface area (Å²) in [5, 5.41) is 2.93. The quantitative estimate of drug-likeness (QED) is 0.733. The molecule has 1 aromatic rings. The van der Waals surface area contributed by atoms with Gasteiger partial charge in [-0.25, -0.2) is 4.98 Å². The molecule has 0 bridgehead atoms. The molecule has 0 saturated carbocycles. The lowest BCUT2D eigenvalue weighted by Crippen LogP contribution is -2.36. The second-order valence-electron chi connectivity index (χ2n) is 3.55. The van der Waals surface area contributed by atoms with Crippen LogP contribution in [0.15, 0.2) is 12.5 Å². The molecule has 1 unspecified atom stereocenters. The monoisotopic (exact) mass is 210 g/mol. The molecule has 1 amide bonds. The molecule has 0 aliphatic rings. The molecule has 5 nitrogen and oxygen atoms in total. The summed E-state index contributed by atoms with van der Waals surface area (Å²) in [4.78, 5) is 15.7. The number of amides is 1. The summed E-state index contributed by atoms with van der Waals surface area (Å²) in [5.41, 5.74) is 6.03. The summed E-state index contributed by atoms with van der Waals surface area (Å²) in [6.07, 6.45) is 4.87. The van der Waals surface area contributed by atoms with Crippen molar-refractivity contribution < 1.29 is 4.79 Å². The fourth-order valence-electron chi connectivity index (χ4n) is 1.41. The second-order valence-corrected chi connectivity index (χ2v) is 3.55. The van der Waals surface area contributed by atoms with Gasteiger partial charge in [-0.1, -0.05) is 6.92 Å². The second kappa shape index (κ2) is 5.50. The summed E-state index contributed by atoms with van der Waals surface area (Å²) in [6.45, 7) is 2.62. The summed E-state index contributed by atoms with van der Waals surface area (Å²) >= 11 is 0. The molecular weight excluding hydrogens is 192 g/mol. The third-order valence-electron chi connectivity index (χ3n) is 2.39. The average Bonchev–Trinajstić information content (AvgIpc) is 2.63. The van der Waals surface area contributed by atoms with Gasteiger partial charge in [0.15, 0.2) is 0 Å². The van der Waals surface area contributed by atoms with E-state index >= 15 is 0 Å². The molecular formula is C10H18N4O. The number of rotatable bonds is 5. The molecule has 0 aromatic carbocycles. The highest BCUT2D eigenvalue weighted by atomic mass is 16.2. The largest absolute Gasteiger partial charge is 0.348 e. The molecule has 5 heteroatoms. The standard InChI is InChI=1S/C10H18N4O/c1-3-8(4-5-11)13-10(15)9-6-12-7-14(9)2/h6-8H,3-5,11H2,1-2H3,(H,13,15). The number of nitrogens with zero attached hydrogens (tertiary/aromatic N) is 2. The van der Waals surface area contributed by atoms with Crippen molar-refractivity contribution in [2.45, 2.75) is 25.8 Å². The Morgan fingerprint density at radius 3 is 2.93 bits per heavy atom. The lowest BCUT2D eigenvalue weighted by Gasteiger charge is -2.15. The van der Waals surface area contributed by atoms with Crippen LogP contribution in [0.25, 0.3) is 0 Å². The van der Waals surface area contributed by atoms with Gasteiger partial charge in [0.05, 0.1) is 12.5 Å². The highest BCUT2D eigenvalue weighted by Crippen LogP contribution is 2.00. The Kier molecular flexibility index (Phi) is 4.30. The third kappa shape index (κ3) is 3.06. The van der Waals surface area contributed by atoms with Crippen LogP contribution in [0.3, 0.4) is 0 Å². The van der Waals surface area contributed by atoms with Crippen LogP contribution in [-0.2, 0) is 7.05 Å². The fourth-order valence-corrected chi connectivity index (χ4v) is 1.41. The normalized spacial score (nSPS) is 12.5. The van der Waals surface area contributed by atoms with E-state index in [1.165, 1.54) is 0 Å². The van der Waals surface area contributed by atoms with Crippen molar-refractivity contribution in [1.29, 1.82) is 0 Å². The van der Waals surface area contributed by atoms with Gasteiger partial charge < -0.3 is 15.6 Å². The van der Waals surface area contributed by atoms with E-state index in [1.807, 2.05) is 6.92 Å². The van der Waals surface area contributed by atoms with E-state index in [2.05, 4.69) is 10.3 Å². The summed E-state index contributed by atoms with van der Waals surface area (Å²) < 4.78 is 1.70. The number of carbonyl (C=O) groups excluding carboxylic acids is 1. The molecule has 1 heterocycles. The van der Waals surface area contributed by atoms with Crippen LogP contribution in [0.2, 0.25) is 0 Å². The fraction of sp³-hybridized carbons (Fsp3) is 0.600. The van der Waals surface area contributed by atoms with Gasteiger partial charge in [-0.05, 0) is 19.4 Å². The zero-order valence-corrected chi connectivity index (χ0v) is 9.23. The highest BCUT2D eigenvalue weighted by molar-refractivity contribution is 5.92. The van der Waals surface area contributed by atoms with E-state index < -0.39 is 0 Å². The van der Waals surface area contributed by atoms with Crippen LogP contribution in [-0.4, -0.2) is 28.0 Å². The maximum atomic E-state index is 11.8. The molecule has 1 atom stereocenters. The van der Waals surface area contributed by atoms with Crippen molar-refractivity contribution >= 4 is 5.91 Å². The van der Waals surface area contributed by atoms with E-state index in [0.717, 1.165) is 12.8 Å². The first kappa shape index (κ1) is 11.7. The van der Waals surface area contributed by atoms with Crippen molar-refractivity contribution in [2.24, 2.45) is 12.8 Å². The molecule has 0 radical (unpaired) electrons. The first-order valence-corrected chi connectivity index (χ1v) is 5.16. The van der Waals surface area contributed by atoms with Crippen LogP contribution in [0, 0.1) is 0 Å². The van der Waals surface area contributed by atoms with Crippen LogP contribution < -0.4 is 11.1 Å². The van der Waals surface area contributed by atoms with Gasteiger partial charge in [-0.2, -0.15) is 0 Å². The Balaban J connectivity index is 2.58. The summed E-state index contributed by atoms with van der Waals surface area (Å²) in [7, 11) is 1.80. The van der Waals surface area contributed by atoms with E-state index in [1.54, 1.807) is 24.1 Å². The Hall–Kier alpha value is -1.36. The number of carbonyl (C=O) groups is 1. The van der Waals surface area contributed by atoms with Crippen molar-refractivity contribution in [1.82, 2.24) is 14.9 Å². The molecule has 15 heavy (non-hydrogen) atoms. The lowest BCUT2D eigenvalue weighted by atomic mass is 10.1. The molecule has 0 aliphatic heterocycles. The maximum Gasteiger partial charge on any atom is 0.269 e. The minimum Gasteiger partial charge on any atom is -0.348 e. The van der Waals surface area contributed by atoms with Gasteiger partial charge in [0, 0.05) is 13.1 Å². The minimum atomic E-state index is -0.0877. The summed E-state index contributed by atoms with van der Waals surface area (Å²) in [5.74, 6) is -0.0877. The van der Waals surface area contributed by atoms with Crippen molar-refractivity contribution in [3.8, 4) is 0 Å². The van der Waals surface area contributed by atoms with Crippen molar-refractivity contribution in [2.75, 3.05) is 6.54 Å². The van der Waals surface area contributed by atoms with E-state index in [9.17, 15) is 4.79 Å². The lowest BCUT2D eigenvalue weighted by molar-refractivity contribution is 0.0926. The highest BCUT2D eigenvalue weighted by Gasteiger charge is 2.13. The van der Waals surface area contributed by atoms with E-state index in [-0.39, 0.29) is 11.9 Å². The van der Waals surface area contributed by atoms with E-state index in [0.29, 0.717) is 12.2 Å². The van der Waals surface area contributed by atoms with Crippen LogP contribution >= 0.6 is 0 Å². The molecule has 84 valence electrons. The third-order valence-corrected chi connectivity index (χ3v) is 2.39. The Morgan fingerprint density at radius 1 is 1.73 bits per heavy atom. The molecule has 0 fully saturated rings. The van der Waals surface area contributed by atoms with Crippen molar-refractivity contribution in [3.63, 3.8) is 0 Å². The molecule has 1 aromatic heterocycles. The smallest absolute Gasteiger partial charge is 0.269 e. The predicted molar refractivity (Wildman–Crippen MR) is 58.4 cm³/mol. The minimum absolute atomic E-state index is 0.0877. The number of nitrogens with two attached hydrogens (primary N) is 1. The SMILES string of the molecule is CCC(CCN)NC(=O)c1cncn1C. The Morgan fingerprint density at radius 2 is 2.47 bits per heavy atom. The number of imidazole rings is 1. The first-order chi connectivity index (χ1) is 7.19. The number of aryl methyl sites for hydroxylation is 1. The van der Waals surface area contributed by atoms with E-state index in [4.69, 9.17) is 5.73 Å². The number of hydrogen-bond donors (Lipinski definition) is 2. The maximum absolute atomic E-state index is 11.8. The van der Waals surface area contributed by atoms with Gasteiger partial charge in [0.1, 0.15) is 5.69 Å². The zero-order chi connectivity index (χ0) is 11.3. The van der Waals surface area contributed by atoms with Crippen LogP contribution in [0.5, 0.6) is 0 Å². The Bertz CT molecular complexity index is 321. The van der Waals surface area contributed by atoms with Crippen LogP contribution in [0.1, 0.15) is 30.3 Å². The molecule has 0 aliphatic carbocycles. The Labute approximate surface area is 89.7 Å². The van der Waals surface area contributed by atoms with Gasteiger partial charge >= 0.3 is 0 Å². The zero-order valence-electron chi connectivity index (χ0n) is 9.23. The van der Waals surface area contributed by atoms with Crippen molar-refractivity contribution in [3.05, 3.63) is 18.2 Å². The predicted octanol–water partition coefficient (Wildman–Crippen LogP) is 0.277. The average molecular weight is 210 g/mol. The van der Waals surface area contributed by atoms with Gasteiger partial charge in [0.25, 0.3) is 5.91 Å². The van der Waals surface area contributed by atoms with Gasteiger partial charge in [-0.3, -0.25) is 4.79 Å². The van der Waals surface area contributed by atoms with Crippen LogP contribution in [0.4, 0.5) is 0 Å². The molecule has 0 saturated heterocycles. The molecule has 1 rings (SSSR count). The summed E-state index contributed by atoms with van der Waals surface area (Å²) in [6, 6.07) is 0.150. The number of aromatic nitrogens is 2. The number of hydrogen-bond acceptors (Lipinski definition) is 3. The number of nitrogens with one attached hydrogen (secondary N) is 1. The molecule has 3 N–H and O–H groups in total. The first-order valence-electron chi connectivity index (χ1n) is 5.16. The van der Waals surface area contributed by atoms with Gasteiger partial charge in [0.2, 0.25) is 0 Å².